The highest BCUT2D eigenvalue weighted by Gasteiger charge is 2.20. The molecule has 2 nitrogen and oxygen atoms in total. The average molecular weight is 284 g/mol. The molecule has 1 aliphatic heterocycles. The zero-order valence-electron chi connectivity index (χ0n) is 10.8. The number of piperidine rings is 1. The molecule has 0 N–H and O–H groups in total. The Morgan fingerprint density at radius 1 is 1.39 bits per heavy atom. The fourth-order valence-electron chi connectivity index (χ4n) is 2.31. The third kappa shape index (κ3) is 3.01. The van der Waals surface area contributed by atoms with E-state index in [1.165, 1.54) is 12.8 Å². The van der Waals surface area contributed by atoms with Gasteiger partial charge in [-0.1, -0.05) is 11.6 Å². The van der Waals surface area contributed by atoms with Crippen LogP contribution in [0.4, 0.5) is 5.69 Å². The van der Waals surface area contributed by atoms with Crippen LogP contribution in [-0.4, -0.2) is 30.4 Å². The lowest BCUT2D eigenvalue weighted by Crippen LogP contribution is -2.34. The second-order valence-electron chi connectivity index (χ2n) is 4.64. The summed E-state index contributed by atoms with van der Waals surface area (Å²) >= 11 is 8.23. The Morgan fingerprint density at radius 3 is 2.56 bits per heavy atom. The van der Waals surface area contributed by atoms with Gasteiger partial charge in [-0.05, 0) is 44.2 Å². The molecule has 4 heteroatoms. The molecule has 1 saturated heterocycles. The lowest BCUT2D eigenvalue weighted by molar-refractivity contribution is 0.101. The van der Waals surface area contributed by atoms with Crippen LogP contribution < -0.4 is 4.90 Å². The highest BCUT2D eigenvalue weighted by Crippen LogP contribution is 2.31. The van der Waals surface area contributed by atoms with Crippen molar-refractivity contribution in [3.63, 3.8) is 0 Å². The average Bonchev–Trinajstić information content (AvgIpc) is 2.38. The minimum atomic E-state index is 0.0598. The SMILES string of the molecule is CSC1CCN(c2ccc(C(C)=O)cc2Cl)CC1. The summed E-state index contributed by atoms with van der Waals surface area (Å²) < 4.78 is 0. The fraction of sp³-hybridized carbons (Fsp3) is 0.500. The van der Waals surface area contributed by atoms with E-state index in [1.807, 2.05) is 23.9 Å². The number of hydrogen-bond donors (Lipinski definition) is 0. The van der Waals surface area contributed by atoms with Crippen LogP contribution in [0.5, 0.6) is 0 Å². The van der Waals surface area contributed by atoms with Crippen molar-refractivity contribution in [1.82, 2.24) is 0 Å². The van der Waals surface area contributed by atoms with Gasteiger partial charge in [0.05, 0.1) is 10.7 Å². The molecule has 0 saturated carbocycles. The van der Waals surface area contributed by atoms with Gasteiger partial charge in [-0.3, -0.25) is 4.79 Å². The minimum Gasteiger partial charge on any atom is -0.370 e. The number of benzene rings is 1. The standard InChI is InChI=1S/C14H18ClNOS/c1-10(17)11-3-4-14(13(15)9-11)16-7-5-12(18-2)6-8-16/h3-4,9,12H,5-8H2,1-2H3. The predicted molar refractivity (Wildman–Crippen MR) is 80.2 cm³/mol. The van der Waals surface area contributed by atoms with E-state index in [0.29, 0.717) is 10.6 Å². The Hall–Kier alpha value is -0.670. The van der Waals surface area contributed by atoms with Gasteiger partial charge in [0.15, 0.2) is 5.78 Å². The number of carbonyl (C=O) groups is 1. The second kappa shape index (κ2) is 5.98. The topological polar surface area (TPSA) is 20.3 Å². The number of carbonyl (C=O) groups excluding carboxylic acids is 1. The maximum Gasteiger partial charge on any atom is 0.159 e. The van der Waals surface area contributed by atoms with Crippen LogP contribution in [0, 0.1) is 0 Å². The lowest BCUT2D eigenvalue weighted by Gasteiger charge is -2.33. The Morgan fingerprint density at radius 2 is 2.06 bits per heavy atom. The van der Waals surface area contributed by atoms with Gasteiger partial charge in [0.25, 0.3) is 0 Å². The van der Waals surface area contributed by atoms with E-state index in [9.17, 15) is 4.79 Å². The number of rotatable bonds is 3. The Balaban J connectivity index is 2.12. The Labute approximate surface area is 118 Å². The summed E-state index contributed by atoms with van der Waals surface area (Å²) in [5, 5.41) is 1.46. The first-order chi connectivity index (χ1) is 8.61. The molecular weight excluding hydrogens is 266 g/mol. The van der Waals surface area contributed by atoms with E-state index >= 15 is 0 Å². The highest BCUT2D eigenvalue weighted by atomic mass is 35.5. The van der Waals surface area contributed by atoms with Crippen molar-refractivity contribution in [3.8, 4) is 0 Å². The van der Waals surface area contributed by atoms with Gasteiger partial charge in [0.1, 0.15) is 0 Å². The van der Waals surface area contributed by atoms with Crippen molar-refractivity contribution in [2.24, 2.45) is 0 Å². The summed E-state index contributed by atoms with van der Waals surface area (Å²) in [6.07, 6.45) is 4.58. The molecule has 1 heterocycles. The van der Waals surface area contributed by atoms with Crippen LogP contribution in [-0.2, 0) is 0 Å². The molecule has 1 fully saturated rings. The number of hydrogen-bond acceptors (Lipinski definition) is 3. The smallest absolute Gasteiger partial charge is 0.159 e. The van der Waals surface area contributed by atoms with Gasteiger partial charge in [-0.15, -0.1) is 0 Å². The minimum absolute atomic E-state index is 0.0598. The van der Waals surface area contributed by atoms with Gasteiger partial charge in [0, 0.05) is 23.9 Å². The zero-order chi connectivity index (χ0) is 13.1. The molecule has 1 aromatic carbocycles. The molecule has 1 aliphatic rings. The summed E-state index contributed by atoms with van der Waals surface area (Å²) in [6.45, 7) is 3.66. The van der Waals surface area contributed by atoms with Crippen molar-refractivity contribution in [1.29, 1.82) is 0 Å². The van der Waals surface area contributed by atoms with Crippen molar-refractivity contribution < 1.29 is 4.79 Å². The van der Waals surface area contributed by atoms with Crippen LogP contribution >= 0.6 is 23.4 Å². The van der Waals surface area contributed by atoms with Gasteiger partial charge in [-0.25, -0.2) is 0 Å². The van der Waals surface area contributed by atoms with Crippen LogP contribution in [0.25, 0.3) is 0 Å². The van der Waals surface area contributed by atoms with E-state index in [2.05, 4.69) is 11.2 Å². The molecule has 0 unspecified atom stereocenters. The van der Waals surface area contributed by atoms with E-state index < -0.39 is 0 Å². The maximum absolute atomic E-state index is 11.3. The lowest BCUT2D eigenvalue weighted by atomic mass is 10.1. The zero-order valence-corrected chi connectivity index (χ0v) is 12.4. The van der Waals surface area contributed by atoms with Crippen LogP contribution in [0.1, 0.15) is 30.1 Å². The van der Waals surface area contributed by atoms with Gasteiger partial charge in [-0.2, -0.15) is 11.8 Å². The first-order valence-corrected chi connectivity index (χ1v) is 7.86. The maximum atomic E-state index is 11.3. The molecule has 1 aromatic rings. The van der Waals surface area contributed by atoms with Gasteiger partial charge in [0.2, 0.25) is 0 Å². The number of anilines is 1. The summed E-state index contributed by atoms with van der Waals surface area (Å²) in [5.41, 5.74) is 1.74. The first-order valence-electron chi connectivity index (χ1n) is 6.20. The predicted octanol–water partition coefficient (Wildman–Crippen LogP) is 3.87. The number of nitrogens with zero attached hydrogens (tertiary/aromatic N) is 1. The van der Waals surface area contributed by atoms with E-state index in [1.54, 1.807) is 13.0 Å². The molecular formula is C14H18ClNOS. The van der Waals surface area contributed by atoms with E-state index in [-0.39, 0.29) is 5.78 Å². The third-order valence-corrected chi connectivity index (χ3v) is 4.91. The normalized spacial score (nSPS) is 16.9. The molecule has 0 aromatic heterocycles. The molecule has 0 bridgehead atoms. The summed E-state index contributed by atoms with van der Waals surface area (Å²) in [5.74, 6) is 0.0598. The molecule has 98 valence electrons. The van der Waals surface area contributed by atoms with Gasteiger partial charge >= 0.3 is 0 Å². The van der Waals surface area contributed by atoms with E-state index in [4.69, 9.17) is 11.6 Å². The van der Waals surface area contributed by atoms with Crippen molar-refractivity contribution in [2.75, 3.05) is 24.2 Å². The van der Waals surface area contributed by atoms with Crippen LogP contribution in [0.15, 0.2) is 18.2 Å². The van der Waals surface area contributed by atoms with Crippen molar-refractivity contribution in [2.45, 2.75) is 25.0 Å². The van der Waals surface area contributed by atoms with Crippen LogP contribution in [0.3, 0.4) is 0 Å². The third-order valence-electron chi connectivity index (χ3n) is 3.47. The molecule has 0 aliphatic carbocycles. The highest BCUT2D eigenvalue weighted by molar-refractivity contribution is 7.99. The second-order valence-corrected chi connectivity index (χ2v) is 6.19. The van der Waals surface area contributed by atoms with E-state index in [0.717, 1.165) is 24.0 Å². The molecule has 0 radical (unpaired) electrons. The number of halogens is 1. The van der Waals surface area contributed by atoms with Crippen molar-refractivity contribution in [3.05, 3.63) is 28.8 Å². The Kier molecular flexibility index (Phi) is 4.57. The quantitative estimate of drug-likeness (QED) is 0.786. The van der Waals surface area contributed by atoms with Crippen molar-refractivity contribution >= 4 is 34.8 Å². The first kappa shape index (κ1) is 13.8. The van der Waals surface area contributed by atoms with Gasteiger partial charge < -0.3 is 4.90 Å². The molecule has 0 atom stereocenters. The number of ketones is 1. The molecule has 0 amide bonds. The summed E-state index contributed by atoms with van der Waals surface area (Å²) in [4.78, 5) is 13.6. The Bertz CT molecular complexity index is 441. The summed E-state index contributed by atoms with van der Waals surface area (Å²) in [7, 11) is 0. The number of thioether (sulfide) groups is 1. The fourth-order valence-corrected chi connectivity index (χ4v) is 3.30. The van der Waals surface area contributed by atoms with Crippen LogP contribution in [0.2, 0.25) is 5.02 Å². The molecule has 2 rings (SSSR count). The number of Topliss-reactive ketones (excluding diaryl/α,β-unsaturated/α-hetero) is 1. The molecule has 0 spiro atoms. The summed E-state index contributed by atoms with van der Waals surface area (Å²) in [6, 6.07) is 5.61. The largest absolute Gasteiger partial charge is 0.370 e. The molecule has 18 heavy (non-hydrogen) atoms. The monoisotopic (exact) mass is 283 g/mol.